The van der Waals surface area contributed by atoms with Crippen molar-refractivity contribution in [1.29, 1.82) is 0 Å². The Morgan fingerprint density at radius 1 is 1.12 bits per heavy atom. The second-order valence-electron chi connectivity index (χ2n) is 6.91. The van der Waals surface area contributed by atoms with Crippen LogP contribution in [0.4, 0.5) is 4.39 Å². The third-order valence-electron chi connectivity index (χ3n) is 4.94. The Kier molecular flexibility index (Phi) is 5.12. The third kappa shape index (κ3) is 3.28. The summed E-state index contributed by atoms with van der Waals surface area (Å²) in [7, 11) is 0. The van der Waals surface area contributed by atoms with Gasteiger partial charge in [0, 0.05) is 5.56 Å². The van der Waals surface area contributed by atoms with E-state index in [4.69, 9.17) is 4.98 Å². The summed E-state index contributed by atoms with van der Waals surface area (Å²) in [5.41, 5.74) is 6.70. The lowest BCUT2D eigenvalue weighted by Gasteiger charge is -2.20. The summed E-state index contributed by atoms with van der Waals surface area (Å²) < 4.78 is 13.4. The Morgan fingerprint density at radius 3 is 2.40 bits per heavy atom. The number of hydrogen-bond acceptors (Lipinski definition) is 2. The molecule has 0 fully saturated rings. The summed E-state index contributed by atoms with van der Waals surface area (Å²) in [4.78, 5) is 16.9. The number of pyridine rings is 1. The van der Waals surface area contributed by atoms with Crippen molar-refractivity contribution in [2.75, 3.05) is 0 Å². The van der Waals surface area contributed by atoms with E-state index in [1.54, 1.807) is 12.1 Å². The van der Waals surface area contributed by atoms with E-state index in [2.05, 4.69) is 19.9 Å². The van der Waals surface area contributed by atoms with E-state index < -0.39 is 0 Å². The fraction of sp³-hybridized carbons (Fsp3) is 0.364. The number of aldehydes is 1. The largest absolute Gasteiger partial charge is 0.298 e. The molecule has 1 aromatic heterocycles. The maximum atomic E-state index is 13.4. The summed E-state index contributed by atoms with van der Waals surface area (Å²) in [5, 5.41) is 0. The molecule has 1 aromatic carbocycles. The molecule has 3 rings (SSSR count). The molecular weight excluding hydrogens is 313 g/mol. The quantitative estimate of drug-likeness (QED) is 0.511. The number of allylic oxidation sites excluding steroid dienone is 2. The number of nitrogens with zero attached hydrogens (tertiary/aromatic N) is 1. The number of benzene rings is 1. The molecule has 130 valence electrons. The first-order chi connectivity index (χ1) is 12.1. The highest BCUT2D eigenvalue weighted by molar-refractivity contribution is 5.92. The lowest BCUT2D eigenvalue weighted by molar-refractivity contribution is 0.112. The van der Waals surface area contributed by atoms with E-state index in [0.29, 0.717) is 5.56 Å². The van der Waals surface area contributed by atoms with Gasteiger partial charge in [0.05, 0.1) is 11.4 Å². The van der Waals surface area contributed by atoms with Crippen LogP contribution in [0.3, 0.4) is 0 Å². The Balaban J connectivity index is 2.39. The predicted octanol–water partition coefficient (Wildman–Crippen LogP) is 5.95. The van der Waals surface area contributed by atoms with Crippen LogP contribution in [0.2, 0.25) is 0 Å². The maximum absolute atomic E-state index is 13.4. The predicted molar refractivity (Wildman–Crippen MR) is 100 cm³/mol. The number of hydrogen-bond donors (Lipinski definition) is 0. The minimum Gasteiger partial charge on any atom is -0.298 e. The van der Waals surface area contributed by atoms with Crippen molar-refractivity contribution >= 4 is 11.9 Å². The Hall–Kier alpha value is -2.29. The first-order valence-corrected chi connectivity index (χ1v) is 9.00. The highest BCUT2D eigenvalue weighted by Crippen LogP contribution is 2.39. The van der Waals surface area contributed by atoms with Crippen LogP contribution in [-0.4, -0.2) is 11.3 Å². The van der Waals surface area contributed by atoms with E-state index in [1.165, 1.54) is 17.7 Å². The summed E-state index contributed by atoms with van der Waals surface area (Å²) in [6.45, 7) is 6.16. The second kappa shape index (κ2) is 7.30. The molecule has 0 amide bonds. The average molecular weight is 337 g/mol. The number of fused-ring (bicyclic) bond motifs is 1. The van der Waals surface area contributed by atoms with Gasteiger partial charge in [0.15, 0.2) is 6.29 Å². The number of aromatic nitrogens is 1. The van der Waals surface area contributed by atoms with Crippen LogP contribution in [0, 0.1) is 5.82 Å². The van der Waals surface area contributed by atoms with Gasteiger partial charge in [-0.3, -0.25) is 9.78 Å². The van der Waals surface area contributed by atoms with Gasteiger partial charge in [0.1, 0.15) is 5.82 Å². The van der Waals surface area contributed by atoms with Gasteiger partial charge in [-0.25, -0.2) is 4.39 Å². The lowest BCUT2D eigenvalue weighted by Crippen LogP contribution is -2.09. The molecule has 0 N–H and O–H groups in total. The molecule has 2 aromatic rings. The fourth-order valence-electron chi connectivity index (χ4n) is 3.69. The van der Waals surface area contributed by atoms with E-state index >= 15 is 0 Å². The van der Waals surface area contributed by atoms with Gasteiger partial charge in [-0.15, -0.1) is 0 Å². The Labute approximate surface area is 148 Å². The van der Waals surface area contributed by atoms with Crippen LogP contribution in [0.1, 0.15) is 73.3 Å². The van der Waals surface area contributed by atoms with E-state index in [1.807, 2.05) is 6.92 Å². The highest BCUT2D eigenvalue weighted by atomic mass is 19.1. The normalized spacial score (nSPS) is 16.0. The topological polar surface area (TPSA) is 30.0 Å². The zero-order valence-corrected chi connectivity index (χ0v) is 15.1. The molecule has 2 nitrogen and oxygen atoms in total. The monoisotopic (exact) mass is 337 g/mol. The molecule has 1 heterocycles. The van der Waals surface area contributed by atoms with Gasteiger partial charge in [-0.2, -0.15) is 0 Å². The van der Waals surface area contributed by atoms with Crippen molar-refractivity contribution in [2.24, 2.45) is 0 Å². The van der Waals surface area contributed by atoms with Crippen LogP contribution in [-0.2, 0) is 6.42 Å². The average Bonchev–Trinajstić information content (AvgIpc) is 2.82. The summed E-state index contributed by atoms with van der Waals surface area (Å²) in [5.74, 6) is -0.124. The Morgan fingerprint density at radius 2 is 1.80 bits per heavy atom. The summed E-state index contributed by atoms with van der Waals surface area (Å²) in [6.07, 6.45) is 7.15. The van der Waals surface area contributed by atoms with Crippen LogP contribution in [0.25, 0.3) is 16.7 Å². The van der Waals surface area contributed by atoms with Crippen molar-refractivity contribution in [3.8, 4) is 11.1 Å². The molecule has 0 unspecified atom stereocenters. The van der Waals surface area contributed by atoms with Crippen molar-refractivity contribution in [3.63, 3.8) is 0 Å². The molecule has 0 atom stereocenters. The molecule has 1 aliphatic carbocycles. The lowest BCUT2D eigenvalue weighted by atomic mass is 9.87. The summed E-state index contributed by atoms with van der Waals surface area (Å²) >= 11 is 0. The number of rotatable bonds is 3. The van der Waals surface area contributed by atoms with E-state index in [0.717, 1.165) is 60.0 Å². The maximum Gasteiger partial charge on any atom is 0.152 e. The van der Waals surface area contributed by atoms with Gasteiger partial charge in [-0.05, 0) is 72.9 Å². The van der Waals surface area contributed by atoms with Gasteiger partial charge >= 0.3 is 0 Å². The van der Waals surface area contributed by atoms with Crippen molar-refractivity contribution in [2.45, 2.75) is 52.4 Å². The first kappa shape index (κ1) is 17.5. The summed E-state index contributed by atoms with van der Waals surface area (Å²) in [6, 6.07) is 6.45. The molecule has 0 radical (unpaired) electrons. The van der Waals surface area contributed by atoms with Crippen LogP contribution in [0.5, 0.6) is 0 Å². The Bertz CT molecular complexity index is 819. The first-order valence-electron chi connectivity index (χ1n) is 9.00. The number of carbonyl (C=O) groups excluding carboxylic acids is 1. The zero-order valence-electron chi connectivity index (χ0n) is 15.1. The van der Waals surface area contributed by atoms with Crippen molar-refractivity contribution in [3.05, 3.63) is 58.7 Å². The van der Waals surface area contributed by atoms with E-state index in [-0.39, 0.29) is 11.7 Å². The molecule has 0 spiro atoms. The zero-order chi connectivity index (χ0) is 18.0. The third-order valence-corrected chi connectivity index (χ3v) is 4.94. The molecule has 0 aliphatic heterocycles. The van der Waals surface area contributed by atoms with Gasteiger partial charge in [0.2, 0.25) is 0 Å². The van der Waals surface area contributed by atoms with Crippen LogP contribution >= 0.6 is 0 Å². The smallest absolute Gasteiger partial charge is 0.152 e. The van der Waals surface area contributed by atoms with Gasteiger partial charge < -0.3 is 0 Å². The number of carbonyl (C=O) groups is 1. The van der Waals surface area contributed by atoms with Crippen LogP contribution in [0.15, 0.2) is 30.3 Å². The standard InChI is InChI=1S/C22H24FNO/c1-4-15-7-5-6-8-18-20(16-9-11-17(23)12-10-16)19(13-25)21(14(2)3)24-22(15)18/h4,9-14H,5-8H2,1-3H3/b15-4+. The fourth-order valence-corrected chi connectivity index (χ4v) is 3.69. The van der Waals surface area contributed by atoms with Gasteiger partial charge in [0.25, 0.3) is 0 Å². The van der Waals surface area contributed by atoms with E-state index in [9.17, 15) is 9.18 Å². The SMILES string of the molecule is C/C=C1\CCCCc2c1nc(C(C)C)c(C=O)c2-c1ccc(F)cc1. The molecular formula is C22H24FNO. The van der Waals surface area contributed by atoms with Crippen LogP contribution < -0.4 is 0 Å². The van der Waals surface area contributed by atoms with Gasteiger partial charge in [-0.1, -0.05) is 32.1 Å². The molecule has 0 bridgehead atoms. The highest BCUT2D eigenvalue weighted by Gasteiger charge is 2.24. The van der Waals surface area contributed by atoms with Crippen molar-refractivity contribution < 1.29 is 9.18 Å². The minimum atomic E-state index is -0.269. The molecule has 3 heteroatoms. The minimum absolute atomic E-state index is 0.144. The number of halogens is 1. The molecule has 25 heavy (non-hydrogen) atoms. The second-order valence-corrected chi connectivity index (χ2v) is 6.91. The molecule has 1 aliphatic rings. The van der Waals surface area contributed by atoms with Crippen molar-refractivity contribution in [1.82, 2.24) is 4.98 Å². The molecule has 0 saturated carbocycles. The molecule has 0 saturated heterocycles.